The van der Waals surface area contributed by atoms with Crippen LogP contribution in [0.1, 0.15) is 25.7 Å². The lowest BCUT2D eigenvalue weighted by Crippen LogP contribution is -2.45. The number of nitrogens with one attached hydrogen (secondary N) is 1. The van der Waals surface area contributed by atoms with Gasteiger partial charge in [-0.25, -0.2) is 0 Å². The lowest BCUT2D eigenvalue weighted by Gasteiger charge is -2.30. The van der Waals surface area contributed by atoms with Crippen LogP contribution in [0.3, 0.4) is 0 Å². The maximum atomic E-state index is 11.5. The van der Waals surface area contributed by atoms with E-state index in [9.17, 15) is 9.59 Å². The molecule has 0 aliphatic carbocycles. The molecule has 0 aromatic rings. The van der Waals surface area contributed by atoms with Gasteiger partial charge in [-0.15, -0.1) is 0 Å². The number of likely N-dealkylation sites (N-methyl/N-ethyl adjacent to an activating group) is 1. The van der Waals surface area contributed by atoms with Crippen molar-refractivity contribution in [2.75, 3.05) is 33.3 Å². The molecular weight excluding hydrogens is 236 g/mol. The van der Waals surface area contributed by atoms with Crippen molar-refractivity contribution in [3.05, 3.63) is 0 Å². The number of carbonyl (C=O) groups is 2. The van der Waals surface area contributed by atoms with Crippen LogP contribution in [0.5, 0.6) is 0 Å². The predicted molar refractivity (Wildman–Crippen MR) is 66.4 cm³/mol. The van der Waals surface area contributed by atoms with Crippen LogP contribution in [0.4, 0.5) is 0 Å². The van der Waals surface area contributed by atoms with Gasteiger partial charge in [0.2, 0.25) is 5.91 Å². The third-order valence-corrected chi connectivity index (χ3v) is 2.91. The molecule has 18 heavy (non-hydrogen) atoms. The zero-order valence-corrected chi connectivity index (χ0v) is 10.9. The van der Waals surface area contributed by atoms with Gasteiger partial charge in [0.05, 0.1) is 12.7 Å². The second kappa shape index (κ2) is 8.05. The third kappa shape index (κ3) is 6.56. The molecule has 1 saturated heterocycles. The van der Waals surface area contributed by atoms with Gasteiger partial charge >= 0.3 is 5.97 Å². The van der Waals surface area contributed by atoms with Crippen LogP contribution in [0.25, 0.3) is 0 Å². The smallest absolute Gasteiger partial charge is 0.303 e. The summed E-state index contributed by atoms with van der Waals surface area (Å²) in [5, 5.41) is 11.3. The van der Waals surface area contributed by atoms with Crippen molar-refractivity contribution in [1.29, 1.82) is 0 Å². The highest BCUT2D eigenvalue weighted by molar-refractivity contribution is 5.75. The average Bonchev–Trinajstić information content (AvgIpc) is 2.32. The molecule has 6 nitrogen and oxygen atoms in total. The van der Waals surface area contributed by atoms with E-state index in [-0.39, 0.29) is 18.4 Å². The van der Waals surface area contributed by atoms with Crippen molar-refractivity contribution in [2.45, 2.75) is 31.8 Å². The molecule has 0 bridgehead atoms. The normalized spacial score (nSPS) is 20.6. The summed E-state index contributed by atoms with van der Waals surface area (Å²) in [6.45, 7) is 3.00. The molecule has 1 amide bonds. The molecular formula is C12H22N2O4. The van der Waals surface area contributed by atoms with E-state index >= 15 is 0 Å². The van der Waals surface area contributed by atoms with Gasteiger partial charge in [-0.3, -0.25) is 9.59 Å². The zero-order chi connectivity index (χ0) is 13.4. The van der Waals surface area contributed by atoms with E-state index in [2.05, 4.69) is 10.2 Å². The van der Waals surface area contributed by atoms with Gasteiger partial charge in [0, 0.05) is 32.5 Å². The van der Waals surface area contributed by atoms with Gasteiger partial charge in [-0.1, -0.05) is 0 Å². The van der Waals surface area contributed by atoms with Gasteiger partial charge < -0.3 is 20.1 Å². The fraction of sp³-hybridized carbons (Fsp3) is 0.833. The number of amides is 1. The molecule has 0 saturated carbocycles. The quantitative estimate of drug-likeness (QED) is 0.632. The lowest BCUT2D eigenvalue weighted by molar-refractivity contribution is -0.137. The summed E-state index contributed by atoms with van der Waals surface area (Å²) >= 11 is 0. The predicted octanol–water partition coefficient (Wildman–Crippen LogP) is 0.0782. The van der Waals surface area contributed by atoms with E-state index in [0.717, 1.165) is 13.1 Å². The van der Waals surface area contributed by atoms with Crippen LogP contribution >= 0.6 is 0 Å². The third-order valence-electron chi connectivity index (χ3n) is 2.91. The molecule has 1 aliphatic heterocycles. The number of aliphatic carboxylic acids is 1. The van der Waals surface area contributed by atoms with Crippen LogP contribution < -0.4 is 5.32 Å². The highest BCUT2D eigenvalue weighted by Crippen LogP contribution is 2.03. The summed E-state index contributed by atoms with van der Waals surface area (Å²) in [4.78, 5) is 23.9. The molecule has 1 atom stereocenters. The molecule has 1 aliphatic rings. The Morgan fingerprint density at radius 2 is 2.11 bits per heavy atom. The Morgan fingerprint density at radius 3 is 2.78 bits per heavy atom. The van der Waals surface area contributed by atoms with Crippen LogP contribution in [-0.2, 0) is 14.3 Å². The number of nitrogens with zero attached hydrogens (tertiary/aromatic N) is 1. The van der Waals surface area contributed by atoms with E-state index < -0.39 is 5.97 Å². The molecule has 0 spiro atoms. The van der Waals surface area contributed by atoms with Gasteiger partial charge in [-0.05, 0) is 19.9 Å². The summed E-state index contributed by atoms with van der Waals surface area (Å²) in [7, 11) is 2.03. The number of carboxylic acid groups (broad SMARTS) is 1. The van der Waals surface area contributed by atoms with Crippen molar-refractivity contribution in [1.82, 2.24) is 10.2 Å². The number of hydrogen-bond acceptors (Lipinski definition) is 4. The number of morpholine rings is 1. The van der Waals surface area contributed by atoms with E-state index in [1.54, 1.807) is 0 Å². The molecule has 1 fully saturated rings. The van der Waals surface area contributed by atoms with Crippen molar-refractivity contribution < 1.29 is 19.4 Å². The monoisotopic (exact) mass is 258 g/mol. The Balaban J connectivity index is 2.04. The molecule has 0 radical (unpaired) electrons. The molecule has 0 aromatic carbocycles. The van der Waals surface area contributed by atoms with Gasteiger partial charge in [0.25, 0.3) is 0 Å². The first-order valence-electron chi connectivity index (χ1n) is 6.36. The Bertz CT molecular complexity index is 283. The standard InChI is InChI=1S/C12H22N2O4/c1-14-6-7-18-10(9-14)8-13-11(15)4-2-3-5-12(16)17/h10H,2-9H2,1H3,(H,13,15)(H,16,17). The summed E-state index contributed by atoms with van der Waals surface area (Å²) in [5.74, 6) is -0.841. The van der Waals surface area contributed by atoms with Gasteiger partial charge in [0.1, 0.15) is 0 Å². The number of hydrogen-bond donors (Lipinski definition) is 2. The summed E-state index contributed by atoms with van der Waals surface area (Å²) in [6.07, 6.45) is 1.74. The van der Waals surface area contributed by atoms with E-state index in [1.165, 1.54) is 0 Å². The highest BCUT2D eigenvalue weighted by Gasteiger charge is 2.17. The first kappa shape index (κ1) is 14.9. The summed E-state index contributed by atoms with van der Waals surface area (Å²) < 4.78 is 5.52. The van der Waals surface area contributed by atoms with Crippen molar-refractivity contribution in [3.63, 3.8) is 0 Å². The van der Waals surface area contributed by atoms with Gasteiger partial charge in [-0.2, -0.15) is 0 Å². The second-order valence-corrected chi connectivity index (χ2v) is 4.66. The summed E-state index contributed by atoms with van der Waals surface area (Å²) in [6, 6.07) is 0. The number of unbranched alkanes of at least 4 members (excludes halogenated alkanes) is 1. The highest BCUT2D eigenvalue weighted by atomic mass is 16.5. The van der Waals surface area contributed by atoms with Crippen LogP contribution in [0, 0.1) is 0 Å². The Labute approximate surface area is 107 Å². The number of carboxylic acids is 1. The fourth-order valence-corrected chi connectivity index (χ4v) is 1.87. The first-order valence-corrected chi connectivity index (χ1v) is 6.36. The summed E-state index contributed by atoms with van der Waals surface area (Å²) in [5.41, 5.74) is 0. The molecule has 104 valence electrons. The van der Waals surface area contributed by atoms with Gasteiger partial charge in [0.15, 0.2) is 0 Å². The lowest BCUT2D eigenvalue weighted by atomic mass is 10.2. The van der Waals surface area contributed by atoms with Crippen LogP contribution in [0.2, 0.25) is 0 Å². The van der Waals surface area contributed by atoms with Crippen molar-refractivity contribution in [3.8, 4) is 0 Å². The SMILES string of the molecule is CN1CCOC(CNC(=O)CCCCC(=O)O)C1. The van der Waals surface area contributed by atoms with Crippen LogP contribution in [0.15, 0.2) is 0 Å². The Hall–Kier alpha value is -1.14. The molecule has 1 unspecified atom stereocenters. The van der Waals surface area contributed by atoms with E-state index in [0.29, 0.717) is 32.4 Å². The topological polar surface area (TPSA) is 78.9 Å². The average molecular weight is 258 g/mol. The molecule has 2 N–H and O–H groups in total. The number of ether oxygens (including phenoxy) is 1. The first-order chi connectivity index (χ1) is 8.58. The second-order valence-electron chi connectivity index (χ2n) is 4.66. The Kier molecular flexibility index (Phi) is 6.67. The Morgan fingerprint density at radius 1 is 1.39 bits per heavy atom. The molecule has 6 heteroatoms. The number of rotatable bonds is 7. The zero-order valence-electron chi connectivity index (χ0n) is 10.9. The minimum atomic E-state index is -0.811. The fourth-order valence-electron chi connectivity index (χ4n) is 1.87. The van der Waals surface area contributed by atoms with Crippen molar-refractivity contribution >= 4 is 11.9 Å². The van der Waals surface area contributed by atoms with E-state index in [4.69, 9.17) is 9.84 Å². The van der Waals surface area contributed by atoms with E-state index in [1.807, 2.05) is 7.05 Å². The minimum absolute atomic E-state index is 0.0304. The molecule has 1 rings (SSSR count). The van der Waals surface area contributed by atoms with Crippen molar-refractivity contribution in [2.24, 2.45) is 0 Å². The molecule has 0 aromatic heterocycles. The molecule has 1 heterocycles. The largest absolute Gasteiger partial charge is 0.481 e. The maximum Gasteiger partial charge on any atom is 0.303 e. The maximum absolute atomic E-state index is 11.5. The minimum Gasteiger partial charge on any atom is -0.481 e. The van der Waals surface area contributed by atoms with Crippen LogP contribution in [-0.4, -0.2) is 61.3 Å². The number of carbonyl (C=O) groups excluding carboxylic acids is 1.